The van der Waals surface area contributed by atoms with Crippen LogP contribution in [-0.2, 0) is 41.8 Å². The van der Waals surface area contributed by atoms with E-state index in [4.69, 9.17) is 9.57 Å². The number of carbonyl (C=O) groups is 5. The fourth-order valence-corrected chi connectivity index (χ4v) is 3.03. The van der Waals surface area contributed by atoms with Gasteiger partial charge in [0.05, 0.1) is 0 Å². The summed E-state index contributed by atoms with van der Waals surface area (Å²) in [5, 5.41) is 5.19. The predicted molar refractivity (Wildman–Crippen MR) is 114 cm³/mol. The minimum Gasteiger partial charge on any atom is -0.445 e. The van der Waals surface area contributed by atoms with Crippen LogP contribution in [-0.4, -0.2) is 47.4 Å². The van der Waals surface area contributed by atoms with Crippen LogP contribution in [0.4, 0.5) is 4.79 Å². The number of nitrogens with zero attached hydrogens (tertiary/aromatic N) is 1. The monoisotopic (exact) mass is 453 g/mol. The van der Waals surface area contributed by atoms with Gasteiger partial charge in [0.25, 0.3) is 11.8 Å². The predicted octanol–water partition coefficient (Wildman–Crippen LogP) is 1.25. The Morgan fingerprint density at radius 2 is 1.45 bits per heavy atom. The summed E-state index contributed by atoms with van der Waals surface area (Å²) in [5.41, 5.74) is 1.50. The topological polar surface area (TPSA) is 131 Å². The van der Waals surface area contributed by atoms with Crippen molar-refractivity contribution in [2.45, 2.75) is 31.9 Å². The van der Waals surface area contributed by atoms with Gasteiger partial charge >= 0.3 is 12.1 Å². The number of carbonyl (C=O) groups excluding carboxylic acids is 5. The second-order valence-electron chi connectivity index (χ2n) is 7.22. The third-order valence-corrected chi connectivity index (χ3v) is 4.70. The second-order valence-corrected chi connectivity index (χ2v) is 7.22. The molecule has 33 heavy (non-hydrogen) atoms. The van der Waals surface area contributed by atoms with Gasteiger partial charge in [-0.2, -0.15) is 0 Å². The number of amides is 4. The van der Waals surface area contributed by atoms with Crippen LogP contribution >= 0.6 is 0 Å². The van der Waals surface area contributed by atoms with Crippen molar-refractivity contribution in [3.05, 3.63) is 71.8 Å². The van der Waals surface area contributed by atoms with E-state index in [0.29, 0.717) is 10.6 Å². The highest BCUT2D eigenvalue weighted by atomic mass is 16.7. The van der Waals surface area contributed by atoms with Gasteiger partial charge < -0.3 is 20.2 Å². The number of benzene rings is 2. The average molecular weight is 453 g/mol. The maximum Gasteiger partial charge on any atom is 0.407 e. The number of imide groups is 1. The molecular weight excluding hydrogens is 430 g/mol. The maximum atomic E-state index is 12.6. The molecule has 10 heteroatoms. The lowest BCUT2D eigenvalue weighted by atomic mass is 10.1. The van der Waals surface area contributed by atoms with E-state index in [-0.39, 0.29) is 25.9 Å². The van der Waals surface area contributed by atoms with Crippen molar-refractivity contribution in [1.82, 2.24) is 15.7 Å². The van der Waals surface area contributed by atoms with Crippen molar-refractivity contribution in [1.29, 1.82) is 0 Å². The van der Waals surface area contributed by atoms with E-state index in [9.17, 15) is 24.0 Å². The Labute approximate surface area is 189 Å². The number of hydroxylamine groups is 2. The summed E-state index contributed by atoms with van der Waals surface area (Å²) >= 11 is 0. The van der Waals surface area contributed by atoms with Crippen LogP contribution in [0.25, 0.3) is 0 Å². The van der Waals surface area contributed by atoms with E-state index in [1.807, 2.05) is 6.07 Å². The Morgan fingerprint density at radius 1 is 0.879 bits per heavy atom. The summed E-state index contributed by atoms with van der Waals surface area (Å²) < 4.78 is 5.04. The number of hydrogen-bond acceptors (Lipinski definition) is 7. The first kappa shape index (κ1) is 23.5. The number of rotatable bonds is 9. The van der Waals surface area contributed by atoms with E-state index in [1.54, 1.807) is 54.6 Å². The van der Waals surface area contributed by atoms with Crippen LogP contribution in [0.15, 0.2) is 60.7 Å². The molecule has 0 spiro atoms. The van der Waals surface area contributed by atoms with E-state index < -0.39 is 42.4 Å². The minimum absolute atomic E-state index is 0.0368. The molecule has 172 valence electrons. The summed E-state index contributed by atoms with van der Waals surface area (Å²) in [6.07, 6.45) is -0.835. The molecule has 1 atom stereocenters. The Bertz CT molecular complexity index is 995. The van der Waals surface area contributed by atoms with E-state index in [2.05, 4.69) is 10.6 Å². The fraction of sp³-hybridized carbons (Fsp3) is 0.261. The third kappa shape index (κ3) is 7.17. The molecular formula is C23H23N3O7. The quantitative estimate of drug-likeness (QED) is 0.546. The standard InChI is InChI=1S/C23H23N3O7/c27-19(14-24-23(31)32-15-17-9-5-2-6-10-17)25-18(13-16-7-3-1-4-8-16)22(30)33-26-20(28)11-12-21(26)29/h1-10,18H,11-15H2,(H,24,31)(H,25,27)/t18-/m0/s1. The van der Waals surface area contributed by atoms with Gasteiger partial charge in [0, 0.05) is 19.3 Å². The molecule has 0 bridgehead atoms. The third-order valence-electron chi connectivity index (χ3n) is 4.70. The molecule has 0 saturated carbocycles. The molecule has 1 heterocycles. The van der Waals surface area contributed by atoms with Gasteiger partial charge in [-0.1, -0.05) is 60.7 Å². The molecule has 3 rings (SSSR count). The van der Waals surface area contributed by atoms with Crippen molar-refractivity contribution in [2.24, 2.45) is 0 Å². The van der Waals surface area contributed by atoms with Gasteiger partial charge in [-0.25, -0.2) is 9.59 Å². The van der Waals surface area contributed by atoms with E-state index in [1.165, 1.54) is 0 Å². The average Bonchev–Trinajstić information content (AvgIpc) is 3.14. The maximum absolute atomic E-state index is 12.6. The van der Waals surface area contributed by atoms with Crippen LogP contribution in [0.3, 0.4) is 0 Å². The molecule has 0 aromatic heterocycles. The zero-order valence-corrected chi connectivity index (χ0v) is 17.7. The zero-order chi connectivity index (χ0) is 23.6. The van der Waals surface area contributed by atoms with Gasteiger partial charge in [-0.05, 0) is 11.1 Å². The molecule has 1 aliphatic heterocycles. The molecule has 2 aromatic rings. The largest absolute Gasteiger partial charge is 0.445 e. The molecule has 4 amide bonds. The molecule has 1 aliphatic rings. The van der Waals surface area contributed by atoms with Crippen LogP contribution < -0.4 is 10.6 Å². The SMILES string of the molecule is O=C(CNC(=O)OCc1ccccc1)N[C@@H](Cc1ccccc1)C(=O)ON1C(=O)CCC1=O. The summed E-state index contributed by atoms with van der Waals surface area (Å²) in [6.45, 7) is -0.414. The first-order chi connectivity index (χ1) is 15.9. The highest BCUT2D eigenvalue weighted by Crippen LogP contribution is 2.14. The van der Waals surface area contributed by atoms with Crippen LogP contribution in [0.1, 0.15) is 24.0 Å². The molecule has 1 saturated heterocycles. The van der Waals surface area contributed by atoms with E-state index in [0.717, 1.165) is 5.56 Å². The summed E-state index contributed by atoms with van der Waals surface area (Å²) in [6, 6.07) is 16.6. The number of nitrogens with one attached hydrogen (secondary N) is 2. The number of hydrogen-bond donors (Lipinski definition) is 2. The summed E-state index contributed by atoms with van der Waals surface area (Å²) in [4.78, 5) is 65.3. The number of ether oxygens (including phenoxy) is 1. The first-order valence-corrected chi connectivity index (χ1v) is 10.3. The van der Waals surface area contributed by atoms with Crippen molar-refractivity contribution < 1.29 is 33.5 Å². The normalized spacial score (nSPS) is 13.9. The Kier molecular flexibility index (Phi) is 8.12. The Balaban J connectivity index is 1.54. The van der Waals surface area contributed by atoms with Crippen molar-refractivity contribution in [2.75, 3.05) is 6.54 Å². The van der Waals surface area contributed by atoms with Crippen molar-refractivity contribution >= 4 is 29.8 Å². The van der Waals surface area contributed by atoms with Gasteiger partial charge in [0.1, 0.15) is 19.2 Å². The van der Waals surface area contributed by atoms with Crippen LogP contribution in [0.5, 0.6) is 0 Å². The smallest absolute Gasteiger partial charge is 0.407 e. The van der Waals surface area contributed by atoms with Gasteiger partial charge in [0.15, 0.2) is 0 Å². The molecule has 10 nitrogen and oxygen atoms in total. The summed E-state index contributed by atoms with van der Waals surface area (Å²) in [5.74, 6) is -2.90. The lowest BCUT2D eigenvalue weighted by Gasteiger charge is -2.20. The van der Waals surface area contributed by atoms with Crippen LogP contribution in [0.2, 0.25) is 0 Å². The Hall–Kier alpha value is -4.21. The zero-order valence-electron chi connectivity index (χ0n) is 17.7. The number of alkyl carbamates (subject to hydrolysis) is 1. The highest BCUT2D eigenvalue weighted by Gasteiger charge is 2.35. The molecule has 1 fully saturated rings. The molecule has 0 aliphatic carbocycles. The molecule has 2 aromatic carbocycles. The van der Waals surface area contributed by atoms with Crippen LogP contribution in [0, 0.1) is 0 Å². The second kappa shape index (κ2) is 11.4. The summed E-state index contributed by atoms with van der Waals surface area (Å²) in [7, 11) is 0. The first-order valence-electron chi connectivity index (χ1n) is 10.3. The lowest BCUT2D eigenvalue weighted by Crippen LogP contribution is -2.49. The van der Waals surface area contributed by atoms with Gasteiger partial charge in [0.2, 0.25) is 5.91 Å². The molecule has 0 radical (unpaired) electrons. The van der Waals surface area contributed by atoms with E-state index >= 15 is 0 Å². The molecule has 2 N–H and O–H groups in total. The minimum atomic E-state index is -1.19. The molecule has 0 unspecified atom stereocenters. The fourth-order valence-electron chi connectivity index (χ4n) is 3.03. The Morgan fingerprint density at radius 3 is 2.06 bits per heavy atom. The van der Waals surface area contributed by atoms with Crippen molar-refractivity contribution in [3.63, 3.8) is 0 Å². The highest BCUT2D eigenvalue weighted by molar-refractivity contribution is 6.02. The van der Waals surface area contributed by atoms with Gasteiger partial charge in [-0.3, -0.25) is 14.4 Å². The lowest BCUT2D eigenvalue weighted by molar-refractivity contribution is -0.199. The van der Waals surface area contributed by atoms with Crippen molar-refractivity contribution in [3.8, 4) is 0 Å². The van der Waals surface area contributed by atoms with Gasteiger partial charge in [-0.15, -0.1) is 5.06 Å².